The van der Waals surface area contributed by atoms with Crippen LogP contribution in [0.15, 0.2) is 42.9 Å². The molecule has 2 aromatic heterocycles. The lowest BCUT2D eigenvalue weighted by Crippen LogP contribution is -2.30. The van der Waals surface area contributed by atoms with Crippen LogP contribution in [0.2, 0.25) is 0 Å². The Balaban J connectivity index is 1.58. The highest BCUT2D eigenvalue weighted by molar-refractivity contribution is 5.93. The standard InChI is InChI=1S/C15H14N8O2/c1-11(15(24)18-14-6-8-22(19-14)9-7-16)25-13-4-2-12(3-5-13)23-10-17-20-21-23/h2-6,8,10-11H,9H2,1H3,(H,18,19,24). The van der Waals surface area contributed by atoms with Crippen molar-refractivity contribution in [2.24, 2.45) is 0 Å². The minimum atomic E-state index is -0.722. The van der Waals surface area contributed by atoms with Crippen LogP contribution >= 0.6 is 0 Å². The minimum absolute atomic E-state index is 0.121. The molecule has 0 saturated carbocycles. The Hall–Kier alpha value is -3.74. The number of nitrogens with zero attached hydrogens (tertiary/aromatic N) is 7. The average molecular weight is 338 g/mol. The third-order valence-electron chi connectivity index (χ3n) is 3.26. The number of tetrazole rings is 1. The molecule has 0 aliphatic carbocycles. The number of anilines is 1. The maximum Gasteiger partial charge on any atom is 0.266 e. The SMILES string of the molecule is CC(Oc1ccc(-n2cnnn2)cc1)C(=O)Nc1ccn(CC#N)n1. The van der Waals surface area contributed by atoms with Gasteiger partial charge in [-0.2, -0.15) is 10.4 Å². The molecule has 0 fully saturated rings. The first kappa shape index (κ1) is 16.1. The average Bonchev–Trinajstić information content (AvgIpc) is 3.28. The summed E-state index contributed by atoms with van der Waals surface area (Å²) in [5.74, 6) is 0.561. The van der Waals surface area contributed by atoms with Crippen LogP contribution in [0.4, 0.5) is 5.82 Å². The van der Waals surface area contributed by atoms with Crippen LogP contribution < -0.4 is 10.1 Å². The van der Waals surface area contributed by atoms with Gasteiger partial charge in [-0.1, -0.05) is 0 Å². The quantitative estimate of drug-likeness (QED) is 0.704. The van der Waals surface area contributed by atoms with Crippen molar-refractivity contribution < 1.29 is 9.53 Å². The zero-order valence-electron chi connectivity index (χ0n) is 13.3. The Labute approximate surface area is 142 Å². The summed E-state index contributed by atoms with van der Waals surface area (Å²) in [4.78, 5) is 12.2. The molecule has 0 aliphatic rings. The van der Waals surface area contributed by atoms with Crippen molar-refractivity contribution in [3.8, 4) is 17.5 Å². The maximum atomic E-state index is 12.2. The summed E-state index contributed by atoms with van der Waals surface area (Å²) in [5.41, 5.74) is 0.775. The van der Waals surface area contributed by atoms with Crippen LogP contribution in [-0.2, 0) is 11.3 Å². The molecule has 3 aromatic rings. The molecule has 1 aromatic carbocycles. The highest BCUT2D eigenvalue weighted by Crippen LogP contribution is 2.16. The first-order valence-corrected chi connectivity index (χ1v) is 7.37. The Morgan fingerprint density at radius 3 is 2.84 bits per heavy atom. The Morgan fingerprint density at radius 2 is 2.16 bits per heavy atom. The number of nitrogens with one attached hydrogen (secondary N) is 1. The van der Waals surface area contributed by atoms with Gasteiger partial charge in [0.1, 0.15) is 18.6 Å². The van der Waals surface area contributed by atoms with E-state index in [0.29, 0.717) is 11.6 Å². The largest absolute Gasteiger partial charge is 0.481 e. The van der Waals surface area contributed by atoms with E-state index in [0.717, 1.165) is 5.69 Å². The van der Waals surface area contributed by atoms with Gasteiger partial charge >= 0.3 is 0 Å². The molecule has 10 heteroatoms. The van der Waals surface area contributed by atoms with E-state index in [2.05, 4.69) is 25.9 Å². The number of nitriles is 1. The van der Waals surface area contributed by atoms with Crippen LogP contribution in [0.3, 0.4) is 0 Å². The summed E-state index contributed by atoms with van der Waals surface area (Å²) in [6.07, 6.45) is 2.37. The molecule has 0 radical (unpaired) electrons. The fourth-order valence-electron chi connectivity index (χ4n) is 2.03. The van der Waals surface area contributed by atoms with Crippen molar-refractivity contribution >= 4 is 11.7 Å². The molecule has 0 spiro atoms. The van der Waals surface area contributed by atoms with Crippen LogP contribution in [0.1, 0.15) is 6.92 Å². The van der Waals surface area contributed by atoms with Crippen LogP contribution in [0.25, 0.3) is 5.69 Å². The Morgan fingerprint density at radius 1 is 1.36 bits per heavy atom. The van der Waals surface area contributed by atoms with E-state index in [1.54, 1.807) is 43.5 Å². The summed E-state index contributed by atoms with van der Waals surface area (Å²) in [6, 6.07) is 10.6. The molecule has 25 heavy (non-hydrogen) atoms. The number of benzene rings is 1. The number of carbonyl (C=O) groups excluding carboxylic acids is 1. The van der Waals surface area contributed by atoms with Gasteiger partial charge in [0.05, 0.1) is 11.8 Å². The summed E-state index contributed by atoms with van der Waals surface area (Å²) in [7, 11) is 0. The lowest BCUT2D eigenvalue weighted by Gasteiger charge is -2.14. The lowest BCUT2D eigenvalue weighted by atomic mass is 10.3. The lowest BCUT2D eigenvalue weighted by molar-refractivity contribution is -0.122. The van der Waals surface area contributed by atoms with Gasteiger partial charge in [-0.3, -0.25) is 9.48 Å². The zero-order chi connectivity index (χ0) is 17.6. The van der Waals surface area contributed by atoms with E-state index >= 15 is 0 Å². The molecular formula is C15H14N8O2. The highest BCUT2D eigenvalue weighted by Gasteiger charge is 2.16. The van der Waals surface area contributed by atoms with Gasteiger partial charge < -0.3 is 10.1 Å². The van der Waals surface area contributed by atoms with Gasteiger partial charge in [0, 0.05) is 12.3 Å². The molecule has 1 unspecified atom stereocenters. The van der Waals surface area contributed by atoms with Crippen LogP contribution in [0.5, 0.6) is 5.75 Å². The van der Waals surface area contributed by atoms with Crippen molar-refractivity contribution in [2.45, 2.75) is 19.6 Å². The molecule has 3 rings (SSSR count). The predicted octanol–water partition coefficient (Wildman–Crippen LogP) is 0.788. The fraction of sp³-hybridized carbons (Fsp3) is 0.200. The van der Waals surface area contributed by atoms with Crippen molar-refractivity contribution in [1.29, 1.82) is 5.26 Å². The number of hydrogen-bond donors (Lipinski definition) is 1. The summed E-state index contributed by atoms with van der Waals surface area (Å²) < 4.78 is 8.56. The first-order valence-electron chi connectivity index (χ1n) is 7.37. The third kappa shape index (κ3) is 3.97. The van der Waals surface area contributed by atoms with Crippen LogP contribution in [-0.4, -0.2) is 42.0 Å². The number of amides is 1. The first-order chi connectivity index (χ1) is 12.2. The smallest absolute Gasteiger partial charge is 0.266 e. The summed E-state index contributed by atoms with van der Waals surface area (Å²) in [5, 5.41) is 26.2. The van der Waals surface area contributed by atoms with Gasteiger partial charge in [-0.15, -0.1) is 5.10 Å². The maximum absolute atomic E-state index is 12.2. The Kier molecular flexibility index (Phi) is 4.66. The number of rotatable bonds is 6. The van der Waals surface area contributed by atoms with Gasteiger partial charge in [-0.05, 0) is 41.6 Å². The third-order valence-corrected chi connectivity index (χ3v) is 3.26. The van der Waals surface area contributed by atoms with Crippen LogP contribution in [0, 0.1) is 11.3 Å². The zero-order valence-corrected chi connectivity index (χ0v) is 13.3. The molecule has 0 aliphatic heterocycles. The number of hydrogen-bond acceptors (Lipinski definition) is 7. The molecule has 1 N–H and O–H groups in total. The second-order valence-electron chi connectivity index (χ2n) is 5.05. The monoisotopic (exact) mass is 338 g/mol. The van der Waals surface area contributed by atoms with Gasteiger partial charge in [0.25, 0.3) is 5.91 Å². The molecule has 2 heterocycles. The molecule has 126 valence electrons. The second kappa shape index (κ2) is 7.22. The van der Waals surface area contributed by atoms with Gasteiger partial charge in [0.2, 0.25) is 0 Å². The predicted molar refractivity (Wildman–Crippen MR) is 85.7 cm³/mol. The minimum Gasteiger partial charge on any atom is -0.481 e. The molecule has 0 bridgehead atoms. The van der Waals surface area contributed by atoms with Crippen molar-refractivity contribution in [2.75, 3.05) is 5.32 Å². The summed E-state index contributed by atoms with van der Waals surface area (Å²) >= 11 is 0. The van der Waals surface area contributed by atoms with E-state index in [9.17, 15) is 4.79 Å². The van der Waals surface area contributed by atoms with E-state index in [1.165, 1.54) is 15.7 Å². The van der Waals surface area contributed by atoms with Gasteiger partial charge in [0.15, 0.2) is 11.9 Å². The molecular weight excluding hydrogens is 324 g/mol. The molecule has 10 nitrogen and oxygen atoms in total. The Bertz CT molecular complexity index is 879. The van der Waals surface area contributed by atoms with Crippen molar-refractivity contribution in [3.05, 3.63) is 42.9 Å². The number of ether oxygens (including phenoxy) is 1. The normalized spacial score (nSPS) is 11.5. The van der Waals surface area contributed by atoms with E-state index in [-0.39, 0.29) is 12.5 Å². The summed E-state index contributed by atoms with van der Waals surface area (Å²) in [6.45, 7) is 1.76. The molecule has 0 saturated heterocycles. The molecule has 1 atom stereocenters. The van der Waals surface area contributed by atoms with Crippen molar-refractivity contribution in [1.82, 2.24) is 30.0 Å². The van der Waals surface area contributed by atoms with Crippen molar-refractivity contribution in [3.63, 3.8) is 0 Å². The molecule has 1 amide bonds. The van der Waals surface area contributed by atoms with Gasteiger partial charge in [-0.25, -0.2) is 4.68 Å². The second-order valence-corrected chi connectivity index (χ2v) is 5.05. The van der Waals surface area contributed by atoms with E-state index in [1.807, 2.05) is 6.07 Å². The topological polar surface area (TPSA) is 124 Å². The van der Waals surface area contributed by atoms with E-state index < -0.39 is 6.10 Å². The fourth-order valence-corrected chi connectivity index (χ4v) is 2.03. The van der Waals surface area contributed by atoms with E-state index in [4.69, 9.17) is 10.00 Å². The number of aromatic nitrogens is 6. The highest BCUT2D eigenvalue weighted by atomic mass is 16.5. The number of carbonyl (C=O) groups is 1.